The molecule has 3 heteroatoms. The first-order chi connectivity index (χ1) is 15.1. The molecular formula is C29H44ClFO. The van der Waals surface area contributed by atoms with Crippen molar-refractivity contribution >= 4 is 11.6 Å². The predicted octanol–water partition coefficient (Wildman–Crippen LogP) is 8.63. The first kappa shape index (κ1) is 25.8. The Kier molecular flexibility index (Phi) is 8.53. The first-order valence-electron chi connectivity index (χ1n) is 12.9. The zero-order chi connectivity index (χ0) is 23.5. The molecular weight excluding hydrogens is 419 g/mol. The minimum Gasteiger partial charge on any atom is -0.390 e. The number of alkyl halides is 2. The number of fused-ring (bicyclic) bond motifs is 1. The van der Waals surface area contributed by atoms with E-state index in [4.69, 9.17) is 11.6 Å². The number of allylic oxidation sites excluding steroid dienone is 7. The van der Waals surface area contributed by atoms with E-state index >= 15 is 0 Å². The van der Waals surface area contributed by atoms with E-state index in [2.05, 4.69) is 52.5 Å². The highest BCUT2D eigenvalue weighted by Gasteiger charge is 2.45. The first-order valence-corrected chi connectivity index (χ1v) is 13.4. The van der Waals surface area contributed by atoms with Crippen LogP contribution in [0, 0.1) is 17.3 Å². The topological polar surface area (TPSA) is 20.2 Å². The number of hydrogen-bond donors (Lipinski definition) is 1. The molecule has 2 saturated carbocycles. The molecule has 3 rings (SSSR count). The zero-order valence-electron chi connectivity index (χ0n) is 20.7. The third-order valence-electron chi connectivity index (χ3n) is 8.93. The molecule has 0 radical (unpaired) electrons. The molecule has 5 unspecified atom stereocenters. The second kappa shape index (κ2) is 10.6. The summed E-state index contributed by atoms with van der Waals surface area (Å²) in [6, 6.07) is 0. The highest BCUT2D eigenvalue weighted by atomic mass is 35.5. The van der Waals surface area contributed by atoms with E-state index in [0.29, 0.717) is 23.8 Å². The SMILES string of the molecule is C=C1/C(=C/C=C2/CCCC3(C)C(C(C)CCCC(O)(CC)CC)=CCC23)CC(Cl)CC1F. The average molecular weight is 463 g/mol. The summed E-state index contributed by atoms with van der Waals surface area (Å²) in [5, 5.41) is 10.5. The zero-order valence-corrected chi connectivity index (χ0v) is 21.5. The molecule has 1 N–H and O–H groups in total. The Morgan fingerprint density at radius 2 is 2.06 bits per heavy atom. The summed E-state index contributed by atoms with van der Waals surface area (Å²) >= 11 is 6.28. The maximum absolute atomic E-state index is 14.2. The van der Waals surface area contributed by atoms with Crippen LogP contribution >= 0.6 is 11.6 Å². The van der Waals surface area contributed by atoms with Gasteiger partial charge in [0.25, 0.3) is 0 Å². The molecule has 32 heavy (non-hydrogen) atoms. The lowest BCUT2D eigenvalue weighted by molar-refractivity contribution is 0.0204. The fourth-order valence-corrected chi connectivity index (χ4v) is 6.84. The van der Waals surface area contributed by atoms with Crippen LogP contribution in [0.5, 0.6) is 0 Å². The Bertz CT molecular complexity index is 774. The highest BCUT2D eigenvalue weighted by Crippen LogP contribution is 2.57. The van der Waals surface area contributed by atoms with Crippen molar-refractivity contribution in [3.63, 3.8) is 0 Å². The molecule has 0 aromatic carbocycles. The van der Waals surface area contributed by atoms with E-state index in [-0.39, 0.29) is 10.8 Å². The minimum atomic E-state index is -1.01. The number of aliphatic hydroxyl groups is 1. The van der Waals surface area contributed by atoms with Gasteiger partial charge in [0.15, 0.2) is 0 Å². The normalized spacial score (nSPS) is 34.7. The fourth-order valence-electron chi connectivity index (χ4n) is 6.52. The summed E-state index contributed by atoms with van der Waals surface area (Å²) in [5.41, 5.74) is 4.49. The van der Waals surface area contributed by atoms with Gasteiger partial charge >= 0.3 is 0 Å². The van der Waals surface area contributed by atoms with Crippen LogP contribution in [0.3, 0.4) is 0 Å². The van der Waals surface area contributed by atoms with Crippen molar-refractivity contribution in [3.05, 3.63) is 47.1 Å². The van der Waals surface area contributed by atoms with Crippen molar-refractivity contribution in [2.45, 2.75) is 115 Å². The molecule has 5 atom stereocenters. The minimum absolute atomic E-state index is 0.129. The fraction of sp³-hybridized carbons (Fsp3) is 0.724. The molecule has 180 valence electrons. The second-order valence-corrected chi connectivity index (χ2v) is 11.5. The van der Waals surface area contributed by atoms with Gasteiger partial charge in [-0.05, 0) is 92.6 Å². The quantitative estimate of drug-likeness (QED) is 0.282. The molecule has 0 heterocycles. The van der Waals surface area contributed by atoms with Crippen molar-refractivity contribution in [1.82, 2.24) is 0 Å². The van der Waals surface area contributed by atoms with Gasteiger partial charge in [-0.25, -0.2) is 4.39 Å². The Labute approximate surface area is 200 Å². The molecule has 0 spiro atoms. The second-order valence-electron chi connectivity index (χ2n) is 10.9. The van der Waals surface area contributed by atoms with Crippen LogP contribution in [0.2, 0.25) is 0 Å². The molecule has 0 saturated heterocycles. The Morgan fingerprint density at radius 1 is 1.34 bits per heavy atom. The van der Waals surface area contributed by atoms with Crippen LogP contribution in [-0.2, 0) is 0 Å². The van der Waals surface area contributed by atoms with Crippen molar-refractivity contribution < 1.29 is 9.50 Å². The third-order valence-corrected chi connectivity index (χ3v) is 9.26. The van der Waals surface area contributed by atoms with Crippen molar-refractivity contribution in [2.75, 3.05) is 0 Å². The van der Waals surface area contributed by atoms with Crippen molar-refractivity contribution in [2.24, 2.45) is 17.3 Å². The van der Waals surface area contributed by atoms with Crippen molar-refractivity contribution in [3.8, 4) is 0 Å². The summed E-state index contributed by atoms with van der Waals surface area (Å²) in [7, 11) is 0. The van der Waals surface area contributed by atoms with Crippen molar-refractivity contribution in [1.29, 1.82) is 0 Å². The van der Waals surface area contributed by atoms with Crippen LogP contribution < -0.4 is 0 Å². The largest absolute Gasteiger partial charge is 0.390 e. The van der Waals surface area contributed by atoms with Gasteiger partial charge in [-0.1, -0.05) is 70.1 Å². The third kappa shape index (κ3) is 5.44. The van der Waals surface area contributed by atoms with Crippen LogP contribution in [0.4, 0.5) is 4.39 Å². The lowest BCUT2D eigenvalue weighted by Crippen LogP contribution is -2.32. The maximum atomic E-state index is 14.2. The van der Waals surface area contributed by atoms with E-state index in [1.807, 2.05) is 0 Å². The van der Waals surface area contributed by atoms with Gasteiger partial charge in [0.05, 0.1) is 5.60 Å². The Hall–Kier alpha value is -0.860. The predicted molar refractivity (Wildman–Crippen MR) is 136 cm³/mol. The van der Waals surface area contributed by atoms with Gasteiger partial charge in [0, 0.05) is 5.38 Å². The van der Waals surface area contributed by atoms with Crippen LogP contribution in [-0.4, -0.2) is 22.3 Å². The molecule has 0 aromatic heterocycles. The van der Waals surface area contributed by atoms with E-state index in [1.165, 1.54) is 18.4 Å². The molecule has 0 bridgehead atoms. The average Bonchev–Trinajstić information content (AvgIpc) is 3.12. The monoisotopic (exact) mass is 462 g/mol. The summed E-state index contributed by atoms with van der Waals surface area (Å²) in [4.78, 5) is 0. The molecule has 0 aromatic rings. The summed E-state index contributed by atoms with van der Waals surface area (Å²) in [5.74, 6) is 1.11. The Morgan fingerprint density at radius 3 is 2.75 bits per heavy atom. The number of rotatable bonds is 8. The standard InChI is InChI=1S/C29H44ClFO/c1-6-29(32,7-2)17-8-10-20(3)25-14-15-26-22(11-9-16-28(25,26)5)12-13-23-18-24(30)19-27(31)21(23)4/h12-14,20,24,26-27,32H,4,6-11,15-19H2,1-3,5H3/b22-12-,23-13+. The van der Waals surface area contributed by atoms with Gasteiger partial charge in [-0.3, -0.25) is 0 Å². The van der Waals surface area contributed by atoms with E-state index in [0.717, 1.165) is 56.9 Å². The molecule has 0 amide bonds. The summed E-state index contributed by atoms with van der Waals surface area (Å²) < 4.78 is 14.2. The Balaban J connectivity index is 1.68. The van der Waals surface area contributed by atoms with Gasteiger partial charge in [-0.2, -0.15) is 0 Å². The molecule has 3 aliphatic carbocycles. The van der Waals surface area contributed by atoms with Gasteiger partial charge in [-0.15, -0.1) is 11.6 Å². The lowest BCUT2D eigenvalue weighted by atomic mass is 9.62. The van der Waals surface area contributed by atoms with E-state index in [9.17, 15) is 9.50 Å². The molecule has 1 nitrogen and oxygen atoms in total. The van der Waals surface area contributed by atoms with E-state index < -0.39 is 11.8 Å². The van der Waals surface area contributed by atoms with Gasteiger partial charge in [0.1, 0.15) is 6.17 Å². The van der Waals surface area contributed by atoms with Crippen LogP contribution in [0.15, 0.2) is 47.1 Å². The summed E-state index contributed by atoms with van der Waals surface area (Å²) in [6.45, 7) is 13.0. The maximum Gasteiger partial charge on any atom is 0.126 e. The molecule has 0 aliphatic heterocycles. The molecule has 2 fully saturated rings. The number of halogens is 2. The number of hydrogen-bond acceptors (Lipinski definition) is 1. The smallest absolute Gasteiger partial charge is 0.126 e. The van der Waals surface area contributed by atoms with E-state index in [1.54, 1.807) is 5.57 Å². The summed E-state index contributed by atoms with van der Waals surface area (Å²) in [6.07, 6.45) is 16.5. The lowest BCUT2D eigenvalue weighted by Gasteiger charge is -2.42. The van der Waals surface area contributed by atoms with Gasteiger partial charge in [0.2, 0.25) is 0 Å². The van der Waals surface area contributed by atoms with Crippen LogP contribution in [0.25, 0.3) is 0 Å². The van der Waals surface area contributed by atoms with Gasteiger partial charge < -0.3 is 5.11 Å². The highest BCUT2D eigenvalue weighted by molar-refractivity contribution is 6.21. The van der Waals surface area contributed by atoms with Crippen LogP contribution in [0.1, 0.15) is 98.3 Å². The molecule has 3 aliphatic rings.